The summed E-state index contributed by atoms with van der Waals surface area (Å²) in [5.41, 5.74) is 2.17. The third-order valence-corrected chi connectivity index (χ3v) is 2.79. The molecule has 2 aromatic heterocycles. The molecule has 0 aromatic carbocycles. The summed E-state index contributed by atoms with van der Waals surface area (Å²) in [6.07, 6.45) is 5.30. The molecule has 100 valence electrons. The highest BCUT2D eigenvalue weighted by Gasteiger charge is 2.14. The number of aryl methyl sites for hydroxylation is 2. The van der Waals surface area contributed by atoms with Gasteiger partial charge in [-0.15, -0.1) is 0 Å². The number of rotatable bonds is 5. The van der Waals surface area contributed by atoms with E-state index in [2.05, 4.69) is 15.3 Å². The van der Waals surface area contributed by atoms with Crippen LogP contribution in [-0.2, 0) is 6.54 Å². The summed E-state index contributed by atoms with van der Waals surface area (Å²) in [6, 6.07) is 1.75. The largest absolute Gasteiger partial charge is 0.478 e. The fourth-order valence-electron chi connectivity index (χ4n) is 1.98. The number of aromatic nitrogens is 3. The summed E-state index contributed by atoms with van der Waals surface area (Å²) in [7, 11) is 0. The van der Waals surface area contributed by atoms with E-state index >= 15 is 0 Å². The SMILES string of the molecule is Cc1cc(NCCn2ccnc2)c(C(=O)O)c(C)n1. The first-order valence-electron chi connectivity index (χ1n) is 5.99. The van der Waals surface area contributed by atoms with Crippen LogP contribution >= 0.6 is 0 Å². The third kappa shape index (κ3) is 3.09. The molecule has 0 bridgehead atoms. The van der Waals surface area contributed by atoms with Crippen molar-refractivity contribution in [2.75, 3.05) is 11.9 Å². The van der Waals surface area contributed by atoms with Gasteiger partial charge in [0.25, 0.3) is 0 Å². The molecular weight excluding hydrogens is 244 g/mol. The molecule has 0 saturated carbocycles. The lowest BCUT2D eigenvalue weighted by molar-refractivity contribution is 0.0696. The predicted molar refractivity (Wildman–Crippen MR) is 71.4 cm³/mol. The Morgan fingerprint density at radius 3 is 2.89 bits per heavy atom. The standard InChI is InChI=1S/C13H16N4O2/c1-9-7-11(12(13(18)19)10(2)16-9)15-4-6-17-5-3-14-8-17/h3,5,7-8H,4,6H2,1-2H3,(H,15,16)(H,18,19). The third-order valence-electron chi connectivity index (χ3n) is 2.79. The molecule has 2 heterocycles. The topological polar surface area (TPSA) is 80.0 Å². The van der Waals surface area contributed by atoms with Crippen molar-refractivity contribution >= 4 is 11.7 Å². The van der Waals surface area contributed by atoms with Crippen molar-refractivity contribution in [3.63, 3.8) is 0 Å². The second-order valence-electron chi connectivity index (χ2n) is 4.30. The van der Waals surface area contributed by atoms with Crippen LogP contribution in [0.5, 0.6) is 0 Å². The Morgan fingerprint density at radius 2 is 2.26 bits per heavy atom. The fraction of sp³-hybridized carbons (Fsp3) is 0.308. The monoisotopic (exact) mass is 260 g/mol. The number of hydrogen-bond acceptors (Lipinski definition) is 4. The van der Waals surface area contributed by atoms with Gasteiger partial charge in [0.1, 0.15) is 5.56 Å². The van der Waals surface area contributed by atoms with Gasteiger partial charge in [0.05, 0.1) is 17.7 Å². The number of nitrogens with one attached hydrogen (secondary N) is 1. The Balaban J connectivity index is 2.12. The zero-order chi connectivity index (χ0) is 13.8. The second-order valence-corrected chi connectivity index (χ2v) is 4.30. The maximum absolute atomic E-state index is 11.3. The summed E-state index contributed by atoms with van der Waals surface area (Å²) < 4.78 is 1.92. The van der Waals surface area contributed by atoms with Crippen molar-refractivity contribution in [2.45, 2.75) is 20.4 Å². The number of imidazole rings is 1. The lowest BCUT2D eigenvalue weighted by atomic mass is 10.1. The van der Waals surface area contributed by atoms with E-state index in [1.165, 1.54) is 0 Å². The number of carbonyl (C=O) groups is 1. The molecule has 0 amide bonds. The van der Waals surface area contributed by atoms with Crippen LogP contribution in [0.4, 0.5) is 5.69 Å². The molecule has 6 nitrogen and oxygen atoms in total. The van der Waals surface area contributed by atoms with Crippen LogP contribution in [0.1, 0.15) is 21.7 Å². The van der Waals surface area contributed by atoms with E-state index in [-0.39, 0.29) is 5.56 Å². The van der Waals surface area contributed by atoms with E-state index in [1.807, 2.05) is 17.7 Å². The number of carboxylic acid groups (broad SMARTS) is 1. The highest BCUT2D eigenvalue weighted by Crippen LogP contribution is 2.19. The van der Waals surface area contributed by atoms with Gasteiger partial charge in [0.2, 0.25) is 0 Å². The van der Waals surface area contributed by atoms with E-state index in [1.54, 1.807) is 25.5 Å². The van der Waals surface area contributed by atoms with E-state index in [0.717, 1.165) is 12.2 Å². The number of anilines is 1. The van der Waals surface area contributed by atoms with Gasteiger partial charge < -0.3 is 15.0 Å². The van der Waals surface area contributed by atoms with Crippen LogP contribution in [0, 0.1) is 13.8 Å². The number of hydrogen-bond donors (Lipinski definition) is 2. The Labute approximate surface area is 111 Å². The van der Waals surface area contributed by atoms with Crippen LogP contribution in [0.2, 0.25) is 0 Å². The maximum atomic E-state index is 11.3. The highest BCUT2D eigenvalue weighted by molar-refractivity contribution is 5.95. The van der Waals surface area contributed by atoms with Gasteiger partial charge in [-0.1, -0.05) is 0 Å². The molecule has 2 rings (SSSR count). The quantitative estimate of drug-likeness (QED) is 0.855. The maximum Gasteiger partial charge on any atom is 0.339 e. The molecule has 0 aliphatic heterocycles. The van der Waals surface area contributed by atoms with Gasteiger partial charge >= 0.3 is 5.97 Å². The van der Waals surface area contributed by atoms with Crippen molar-refractivity contribution in [1.29, 1.82) is 0 Å². The molecular formula is C13H16N4O2. The number of nitrogens with zero attached hydrogens (tertiary/aromatic N) is 3. The van der Waals surface area contributed by atoms with Gasteiger partial charge in [-0.3, -0.25) is 4.98 Å². The molecule has 0 spiro atoms. The van der Waals surface area contributed by atoms with Crippen molar-refractivity contribution in [3.05, 3.63) is 41.7 Å². The summed E-state index contributed by atoms with van der Waals surface area (Å²) in [6.45, 7) is 4.90. The molecule has 0 atom stereocenters. The molecule has 0 aliphatic rings. The molecule has 0 radical (unpaired) electrons. The molecule has 0 fully saturated rings. The molecule has 6 heteroatoms. The van der Waals surface area contributed by atoms with Crippen LogP contribution in [0.15, 0.2) is 24.8 Å². The van der Waals surface area contributed by atoms with Crippen molar-refractivity contribution in [1.82, 2.24) is 14.5 Å². The van der Waals surface area contributed by atoms with Gasteiger partial charge in [-0.2, -0.15) is 0 Å². The van der Waals surface area contributed by atoms with E-state index in [4.69, 9.17) is 0 Å². The lowest BCUT2D eigenvalue weighted by Gasteiger charge is -2.12. The van der Waals surface area contributed by atoms with Gasteiger partial charge in [0.15, 0.2) is 0 Å². The lowest BCUT2D eigenvalue weighted by Crippen LogP contribution is -2.14. The summed E-state index contributed by atoms with van der Waals surface area (Å²) in [5.74, 6) is -0.963. The van der Waals surface area contributed by atoms with Gasteiger partial charge in [-0.05, 0) is 19.9 Å². The van der Waals surface area contributed by atoms with E-state index < -0.39 is 5.97 Å². The van der Waals surface area contributed by atoms with Crippen LogP contribution in [0.25, 0.3) is 0 Å². The smallest absolute Gasteiger partial charge is 0.339 e. The molecule has 0 aliphatic carbocycles. The Hall–Kier alpha value is -2.37. The van der Waals surface area contributed by atoms with Gasteiger partial charge in [-0.25, -0.2) is 9.78 Å². The van der Waals surface area contributed by atoms with Crippen molar-refractivity contribution in [2.24, 2.45) is 0 Å². The molecule has 2 aromatic rings. The highest BCUT2D eigenvalue weighted by atomic mass is 16.4. The number of carboxylic acids is 1. The van der Waals surface area contributed by atoms with E-state index in [9.17, 15) is 9.90 Å². The normalized spacial score (nSPS) is 10.4. The van der Waals surface area contributed by atoms with Crippen LogP contribution < -0.4 is 5.32 Å². The first kappa shape index (κ1) is 13.1. The first-order chi connectivity index (χ1) is 9.08. The van der Waals surface area contributed by atoms with Gasteiger partial charge in [0, 0.05) is 31.2 Å². The summed E-state index contributed by atoms with van der Waals surface area (Å²) in [4.78, 5) is 19.4. The summed E-state index contributed by atoms with van der Waals surface area (Å²) in [5, 5.41) is 12.4. The Morgan fingerprint density at radius 1 is 1.47 bits per heavy atom. The minimum atomic E-state index is -0.963. The van der Waals surface area contributed by atoms with E-state index in [0.29, 0.717) is 17.9 Å². The van der Waals surface area contributed by atoms with Crippen molar-refractivity contribution in [3.8, 4) is 0 Å². The molecule has 2 N–H and O–H groups in total. The average Bonchev–Trinajstić information content (AvgIpc) is 2.80. The fourth-order valence-corrected chi connectivity index (χ4v) is 1.98. The Bertz CT molecular complexity index is 579. The minimum Gasteiger partial charge on any atom is -0.478 e. The first-order valence-corrected chi connectivity index (χ1v) is 5.99. The zero-order valence-electron chi connectivity index (χ0n) is 10.9. The Kier molecular flexibility index (Phi) is 3.79. The number of pyridine rings is 1. The number of aromatic carboxylic acids is 1. The molecule has 0 unspecified atom stereocenters. The minimum absolute atomic E-state index is 0.233. The molecule has 0 saturated heterocycles. The second kappa shape index (κ2) is 5.51. The average molecular weight is 260 g/mol. The zero-order valence-corrected chi connectivity index (χ0v) is 10.9. The predicted octanol–water partition coefficient (Wildman–Crippen LogP) is 1.71. The van der Waals surface area contributed by atoms with Crippen LogP contribution in [0.3, 0.4) is 0 Å². The molecule has 19 heavy (non-hydrogen) atoms. The van der Waals surface area contributed by atoms with Crippen molar-refractivity contribution < 1.29 is 9.90 Å². The summed E-state index contributed by atoms with van der Waals surface area (Å²) >= 11 is 0. The van der Waals surface area contributed by atoms with Crippen LogP contribution in [-0.4, -0.2) is 32.2 Å².